The molecule has 0 aliphatic rings. The highest BCUT2D eigenvalue weighted by atomic mass is 16.3. The molecule has 12 aromatic rings. The minimum absolute atomic E-state index is 0.0373. The van der Waals surface area contributed by atoms with Crippen LogP contribution in [0.15, 0.2) is 164 Å². The second-order valence-corrected chi connectivity index (χ2v) is 17.7. The van der Waals surface area contributed by atoms with E-state index in [4.69, 9.17) is 85.6 Å². The first-order chi connectivity index (χ1) is 34.9. The third-order valence-electron chi connectivity index (χ3n) is 13.7. The molecule has 0 amide bonds. The molecule has 0 bridgehead atoms. The minimum atomic E-state index is -0.412. The average Bonchev–Trinajstić information content (AvgIpc) is 3.94. The summed E-state index contributed by atoms with van der Waals surface area (Å²) in [7, 11) is 59.1. The Morgan fingerprint density at radius 3 is 1.38 bits per heavy atom. The van der Waals surface area contributed by atoms with E-state index in [2.05, 4.69) is 57.7 Å². The average molecular weight is 896 g/mol. The third kappa shape index (κ3) is 6.96. The maximum Gasteiger partial charge on any atom is 0.238 e. The summed E-state index contributed by atoms with van der Waals surface area (Å²) < 4.78 is 4.27. The van der Waals surface area contributed by atoms with Gasteiger partial charge in [-0.2, -0.15) is 9.97 Å². The lowest BCUT2D eigenvalue weighted by molar-refractivity contribution is 0.484. The maximum atomic E-state index is 11.3. The molecule has 15 heteroatoms. The zero-order valence-electron chi connectivity index (χ0n) is 38.5. The highest BCUT2D eigenvalue weighted by molar-refractivity contribution is 6.69. The van der Waals surface area contributed by atoms with Crippen molar-refractivity contribution in [1.29, 1.82) is 0 Å². The third-order valence-corrected chi connectivity index (χ3v) is 13.7. The molecular weight excluding hydrogens is 868 g/mol. The molecule has 72 heavy (non-hydrogen) atoms. The molecule has 6 nitrogen and oxygen atoms in total. The van der Waals surface area contributed by atoms with Crippen molar-refractivity contribution in [3.8, 4) is 73.5 Å². The quantitative estimate of drug-likeness (QED) is 0.250. The van der Waals surface area contributed by atoms with Gasteiger partial charge in [0.05, 0.1) is 22.1 Å². The molecule has 9 aromatic carbocycles. The van der Waals surface area contributed by atoms with Crippen LogP contribution in [0.5, 0.6) is 5.75 Å². The molecular formula is C57H28B9N5O. The number of fused-ring (bicyclic) bond motifs is 7. The summed E-state index contributed by atoms with van der Waals surface area (Å²) in [5.41, 5.74) is 9.27. The topological polar surface area (TPSA) is 68.8 Å². The molecule has 0 saturated carbocycles. The van der Waals surface area contributed by atoms with E-state index in [0.29, 0.717) is 40.0 Å². The number of phenols is 1. The highest BCUT2D eigenvalue weighted by Gasteiger charge is 2.26. The lowest BCUT2D eigenvalue weighted by atomic mass is 9.59. The van der Waals surface area contributed by atoms with E-state index in [1.54, 1.807) is 6.07 Å². The number of phenolic OH excluding ortho intramolecular Hbond substituents is 1. The molecule has 0 spiro atoms. The van der Waals surface area contributed by atoms with Crippen LogP contribution in [0.3, 0.4) is 0 Å². The lowest BCUT2D eigenvalue weighted by Gasteiger charge is -2.24. The second-order valence-electron chi connectivity index (χ2n) is 17.7. The summed E-state index contributed by atoms with van der Waals surface area (Å²) in [5.74, 6) is 0.971. The number of hydrogen-bond acceptors (Lipinski definition) is 4. The minimum Gasteiger partial charge on any atom is -0.509 e. The summed E-state index contributed by atoms with van der Waals surface area (Å²) in [5, 5.41) is 15.0. The number of nitrogens with zero attached hydrogens (tertiary/aromatic N) is 5. The predicted molar refractivity (Wildman–Crippen MR) is 306 cm³/mol. The summed E-state index contributed by atoms with van der Waals surface area (Å²) in [4.78, 5) is 15.9. The standard InChI is InChI=1S/C57H28B9N5O/c58-43-41(44(59)48(63)50(65)47(43)62)30-25-31(42-45(60)49(64)51(66)54(72)46(42)61)27-32(26-30)70-39-21-11-9-18-34(39)36-23-24-37-35-19-10-12-22-40(35)71(53(37)52(36)70)57-68-55(29-15-5-2-6-16-29)67-56(69-57)38-20-8-7-17-33(38)28-13-3-1-4-14-28/h1-27,72H. The van der Waals surface area contributed by atoms with Crippen LogP contribution in [0.4, 0.5) is 0 Å². The van der Waals surface area contributed by atoms with Gasteiger partial charge in [0.25, 0.3) is 0 Å². The molecule has 3 heterocycles. The van der Waals surface area contributed by atoms with Gasteiger partial charge in [0, 0.05) is 38.4 Å². The summed E-state index contributed by atoms with van der Waals surface area (Å²) >= 11 is 0. The molecule has 18 radical (unpaired) electrons. The Hall–Kier alpha value is -8.03. The van der Waals surface area contributed by atoms with Gasteiger partial charge < -0.3 is 9.67 Å². The zero-order chi connectivity index (χ0) is 49.7. The Labute approximate surface area is 427 Å². The van der Waals surface area contributed by atoms with Crippen LogP contribution in [0.1, 0.15) is 0 Å². The van der Waals surface area contributed by atoms with E-state index in [1.165, 1.54) is 0 Å². The van der Waals surface area contributed by atoms with E-state index in [1.807, 2.05) is 109 Å². The Morgan fingerprint density at radius 1 is 0.333 bits per heavy atom. The number of benzene rings is 9. The van der Waals surface area contributed by atoms with E-state index in [9.17, 15) is 5.11 Å². The fourth-order valence-corrected chi connectivity index (χ4v) is 10.1. The SMILES string of the molecule is [B]c1c([B])c([B])c(-c2cc(-c3c([B])c([B])c([B])c(O)c3[B])cc(-n3c4ccccc4c4ccc5c6ccccc6n(-c6nc(-c7ccccc7)nc(-c7ccccc7-c7ccccc7)n6)c5c43)c2)c([B])c1[B]. The molecule has 3 aromatic heterocycles. The fraction of sp³-hybridized carbons (Fsp3) is 0. The van der Waals surface area contributed by atoms with Gasteiger partial charge in [-0.15, -0.1) is 21.9 Å². The normalized spacial score (nSPS) is 11.6. The molecule has 12 rings (SSSR count). The van der Waals surface area contributed by atoms with Crippen molar-refractivity contribution < 1.29 is 5.11 Å². The molecule has 0 atom stereocenters. The molecule has 0 saturated heterocycles. The Balaban J connectivity index is 1.24. The smallest absolute Gasteiger partial charge is 0.238 e. The van der Waals surface area contributed by atoms with E-state index >= 15 is 0 Å². The first-order valence-electron chi connectivity index (χ1n) is 23.0. The van der Waals surface area contributed by atoms with Gasteiger partial charge in [-0.25, -0.2) is 4.98 Å². The van der Waals surface area contributed by atoms with Gasteiger partial charge in [0.1, 0.15) is 76.4 Å². The summed E-state index contributed by atoms with van der Waals surface area (Å²) in [6, 6.07) is 54.4. The van der Waals surface area contributed by atoms with Crippen molar-refractivity contribution in [3.63, 3.8) is 0 Å². The summed E-state index contributed by atoms with van der Waals surface area (Å²) in [6.07, 6.45) is 0. The van der Waals surface area contributed by atoms with Gasteiger partial charge in [-0.3, -0.25) is 4.57 Å². The van der Waals surface area contributed by atoms with E-state index in [-0.39, 0.29) is 54.7 Å². The van der Waals surface area contributed by atoms with Gasteiger partial charge in [0.2, 0.25) is 5.95 Å². The van der Waals surface area contributed by atoms with Crippen LogP contribution in [0.25, 0.3) is 111 Å². The highest BCUT2D eigenvalue weighted by Crippen LogP contribution is 2.43. The Kier molecular flexibility index (Phi) is 10.9. The molecule has 0 unspecified atom stereocenters. The first kappa shape index (κ1) is 45.1. The summed E-state index contributed by atoms with van der Waals surface area (Å²) in [6.45, 7) is 0. The molecule has 0 fully saturated rings. The number of aromatic nitrogens is 5. The van der Waals surface area contributed by atoms with E-state index < -0.39 is 5.75 Å². The molecule has 314 valence electrons. The Bertz CT molecular complexity index is 4090. The molecule has 1 N–H and O–H groups in total. The number of aromatic hydroxyl groups is 1. The monoisotopic (exact) mass is 897 g/mol. The van der Waals surface area contributed by atoms with Gasteiger partial charge in [-0.05, 0) is 69.2 Å². The van der Waals surface area contributed by atoms with Crippen molar-refractivity contribution in [3.05, 3.63) is 164 Å². The van der Waals surface area contributed by atoms with Crippen molar-refractivity contribution >= 4 is 163 Å². The van der Waals surface area contributed by atoms with Crippen molar-refractivity contribution in [1.82, 2.24) is 24.1 Å². The van der Waals surface area contributed by atoms with Crippen LogP contribution in [-0.2, 0) is 0 Å². The predicted octanol–water partition coefficient (Wildman–Crippen LogP) is 3.25. The fourth-order valence-electron chi connectivity index (χ4n) is 10.1. The van der Waals surface area contributed by atoms with Gasteiger partial charge in [0.15, 0.2) is 11.6 Å². The zero-order valence-corrected chi connectivity index (χ0v) is 38.5. The van der Waals surface area contributed by atoms with Crippen LogP contribution >= 0.6 is 0 Å². The van der Waals surface area contributed by atoms with Crippen LogP contribution in [-0.4, -0.2) is 99.8 Å². The number of hydrogen-bond donors (Lipinski definition) is 1. The molecule has 0 aliphatic heterocycles. The van der Waals surface area contributed by atoms with Crippen molar-refractivity contribution in [2.75, 3.05) is 0 Å². The van der Waals surface area contributed by atoms with Crippen molar-refractivity contribution in [2.24, 2.45) is 0 Å². The van der Waals surface area contributed by atoms with Gasteiger partial charge >= 0.3 is 0 Å². The van der Waals surface area contributed by atoms with Crippen LogP contribution < -0.4 is 49.2 Å². The van der Waals surface area contributed by atoms with Crippen LogP contribution in [0, 0.1) is 0 Å². The van der Waals surface area contributed by atoms with E-state index in [0.717, 1.165) is 65.9 Å². The number of para-hydroxylation sites is 2. The first-order valence-corrected chi connectivity index (χ1v) is 23.0. The van der Waals surface area contributed by atoms with Crippen molar-refractivity contribution in [2.45, 2.75) is 0 Å². The molecule has 0 aliphatic carbocycles. The maximum absolute atomic E-state index is 11.3. The lowest BCUT2D eigenvalue weighted by Crippen LogP contribution is -2.55. The van der Waals surface area contributed by atoms with Crippen LogP contribution in [0.2, 0.25) is 0 Å². The number of rotatable bonds is 7. The Morgan fingerprint density at radius 2 is 0.778 bits per heavy atom. The largest absolute Gasteiger partial charge is 0.509 e. The van der Waals surface area contributed by atoms with Gasteiger partial charge in [-0.1, -0.05) is 155 Å². The second kappa shape index (κ2) is 17.4.